The molecule has 1 heterocycles. The highest BCUT2D eigenvalue weighted by atomic mass is 32.2. The van der Waals surface area contributed by atoms with Gasteiger partial charge < -0.3 is 4.74 Å². The zero-order chi connectivity index (χ0) is 13.8. The number of rotatable bonds is 5. The highest BCUT2D eigenvalue weighted by Gasteiger charge is 2.28. The van der Waals surface area contributed by atoms with Crippen LogP contribution in [0.25, 0.3) is 0 Å². The lowest BCUT2D eigenvalue weighted by Gasteiger charge is -2.09. The standard InChI is InChI=1S/C9H11F3N2O3S/c1-2-18(15,16)14-7-3-4-8(13-5-7)17-6-9(10,11)12/h3-5,14H,2,6H2,1H3. The second-order valence-corrected chi connectivity index (χ2v) is 5.31. The van der Waals surface area contributed by atoms with Gasteiger partial charge in [-0.15, -0.1) is 0 Å². The van der Waals surface area contributed by atoms with Crippen molar-refractivity contribution in [1.82, 2.24) is 4.98 Å². The van der Waals surface area contributed by atoms with Crippen molar-refractivity contribution in [1.29, 1.82) is 0 Å². The maximum atomic E-state index is 11.8. The summed E-state index contributed by atoms with van der Waals surface area (Å²) in [7, 11) is -3.43. The molecule has 0 saturated heterocycles. The third-order valence-corrected chi connectivity index (χ3v) is 3.08. The van der Waals surface area contributed by atoms with Gasteiger partial charge in [0.25, 0.3) is 0 Å². The molecule has 1 N–H and O–H groups in total. The topological polar surface area (TPSA) is 68.3 Å². The molecule has 0 aliphatic rings. The average molecular weight is 284 g/mol. The van der Waals surface area contributed by atoms with E-state index < -0.39 is 22.8 Å². The molecular weight excluding hydrogens is 273 g/mol. The number of pyridine rings is 1. The molecule has 18 heavy (non-hydrogen) atoms. The van der Waals surface area contributed by atoms with E-state index in [2.05, 4.69) is 14.4 Å². The summed E-state index contributed by atoms with van der Waals surface area (Å²) >= 11 is 0. The van der Waals surface area contributed by atoms with Crippen molar-refractivity contribution in [3.63, 3.8) is 0 Å². The molecule has 0 bridgehead atoms. The van der Waals surface area contributed by atoms with Gasteiger partial charge in [-0.25, -0.2) is 13.4 Å². The van der Waals surface area contributed by atoms with Crippen LogP contribution in [0.5, 0.6) is 5.88 Å². The summed E-state index contributed by atoms with van der Waals surface area (Å²) < 4.78 is 64.5. The molecule has 0 unspecified atom stereocenters. The molecular formula is C9H11F3N2O3S. The molecule has 1 aromatic heterocycles. The van der Waals surface area contributed by atoms with Crippen LogP contribution in [-0.2, 0) is 10.0 Å². The number of hydrogen-bond donors (Lipinski definition) is 1. The zero-order valence-corrected chi connectivity index (χ0v) is 10.2. The van der Waals surface area contributed by atoms with Gasteiger partial charge in [-0.2, -0.15) is 13.2 Å². The van der Waals surface area contributed by atoms with Crippen molar-refractivity contribution < 1.29 is 26.3 Å². The summed E-state index contributed by atoms with van der Waals surface area (Å²) in [6, 6.07) is 2.42. The number of halogens is 3. The Bertz CT molecular complexity index is 485. The van der Waals surface area contributed by atoms with Crippen LogP contribution in [0.1, 0.15) is 6.92 Å². The first-order valence-corrected chi connectivity index (χ1v) is 6.53. The van der Waals surface area contributed by atoms with E-state index in [4.69, 9.17) is 0 Å². The van der Waals surface area contributed by atoms with Crippen LogP contribution in [0.3, 0.4) is 0 Å². The fraction of sp³-hybridized carbons (Fsp3) is 0.444. The van der Waals surface area contributed by atoms with Gasteiger partial charge >= 0.3 is 6.18 Å². The molecule has 0 fully saturated rings. The molecule has 0 aromatic carbocycles. The third-order valence-electron chi connectivity index (χ3n) is 1.77. The number of nitrogens with zero attached hydrogens (tertiary/aromatic N) is 1. The van der Waals surface area contributed by atoms with Crippen LogP contribution in [0, 0.1) is 0 Å². The van der Waals surface area contributed by atoms with Crippen LogP contribution in [-0.4, -0.2) is 31.9 Å². The molecule has 9 heteroatoms. The summed E-state index contributed by atoms with van der Waals surface area (Å²) in [5, 5.41) is 0. The summed E-state index contributed by atoms with van der Waals surface area (Å²) in [6.45, 7) is 0.0105. The van der Waals surface area contributed by atoms with Crippen molar-refractivity contribution in [3.05, 3.63) is 18.3 Å². The van der Waals surface area contributed by atoms with Crippen LogP contribution in [0.4, 0.5) is 18.9 Å². The fourth-order valence-corrected chi connectivity index (χ4v) is 1.56. The smallest absolute Gasteiger partial charge is 0.422 e. The minimum Gasteiger partial charge on any atom is -0.468 e. The van der Waals surface area contributed by atoms with E-state index in [1.165, 1.54) is 13.0 Å². The molecule has 1 aromatic rings. The number of nitrogens with one attached hydrogen (secondary N) is 1. The van der Waals surface area contributed by atoms with E-state index in [0.717, 1.165) is 12.3 Å². The van der Waals surface area contributed by atoms with Crippen molar-refractivity contribution >= 4 is 15.7 Å². The lowest BCUT2D eigenvalue weighted by Crippen LogP contribution is -2.19. The molecule has 1 rings (SSSR count). The molecule has 0 aliphatic carbocycles. The maximum Gasteiger partial charge on any atom is 0.422 e. The SMILES string of the molecule is CCS(=O)(=O)Nc1ccc(OCC(F)(F)F)nc1. The fourth-order valence-electron chi connectivity index (χ4n) is 0.934. The van der Waals surface area contributed by atoms with Gasteiger partial charge in [0, 0.05) is 6.07 Å². The Kier molecular flexibility index (Phi) is 4.38. The molecule has 0 saturated carbocycles. The number of ether oxygens (including phenoxy) is 1. The van der Waals surface area contributed by atoms with Crippen molar-refractivity contribution in [2.24, 2.45) is 0 Å². The van der Waals surface area contributed by atoms with Gasteiger partial charge in [-0.3, -0.25) is 4.72 Å². The first-order chi connectivity index (χ1) is 8.22. The summed E-state index contributed by atoms with van der Waals surface area (Å²) in [5.74, 6) is -0.342. The Balaban J connectivity index is 2.63. The zero-order valence-electron chi connectivity index (χ0n) is 9.36. The van der Waals surface area contributed by atoms with Crippen molar-refractivity contribution in [2.45, 2.75) is 13.1 Å². The maximum absolute atomic E-state index is 11.8. The Morgan fingerprint density at radius 1 is 1.39 bits per heavy atom. The number of anilines is 1. The lowest BCUT2D eigenvalue weighted by atomic mass is 10.4. The van der Waals surface area contributed by atoms with Crippen LogP contribution in [0.2, 0.25) is 0 Å². The third kappa shape index (κ3) is 5.21. The van der Waals surface area contributed by atoms with Crippen LogP contribution < -0.4 is 9.46 Å². The normalized spacial score (nSPS) is 12.2. The van der Waals surface area contributed by atoms with E-state index in [0.29, 0.717) is 0 Å². The van der Waals surface area contributed by atoms with Crippen molar-refractivity contribution in [3.8, 4) is 5.88 Å². The largest absolute Gasteiger partial charge is 0.468 e. The molecule has 102 valence electrons. The lowest BCUT2D eigenvalue weighted by molar-refractivity contribution is -0.154. The second-order valence-electron chi connectivity index (χ2n) is 3.29. The van der Waals surface area contributed by atoms with Gasteiger partial charge in [0.15, 0.2) is 6.61 Å². The van der Waals surface area contributed by atoms with E-state index in [1.807, 2.05) is 0 Å². The Labute approximate surface area is 102 Å². The predicted octanol–water partition coefficient (Wildman–Crippen LogP) is 1.78. The van der Waals surface area contributed by atoms with E-state index in [9.17, 15) is 21.6 Å². The Morgan fingerprint density at radius 2 is 2.06 bits per heavy atom. The number of sulfonamides is 1. The molecule has 5 nitrogen and oxygen atoms in total. The summed E-state index contributed by atoms with van der Waals surface area (Å²) in [5.41, 5.74) is 0.163. The van der Waals surface area contributed by atoms with Gasteiger partial charge in [-0.05, 0) is 13.0 Å². The molecule has 0 atom stereocenters. The van der Waals surface area contributed by atoms with Gasteiger partial charge in [0.05, 0.1) is 17.6 Å². The van der Waals surface area contributed by atoms with Crippen LogP contribution in [0.15, 0.2) is 18.3 Å². The molecule has 0 amide bonds. The number of aromatic nitrogens is 1. The number of hydrogen-bond acceptors (Lipinski definition) is 4. The molecule has 0 spiro atoms. The molecule has 0 aliphatic heterocycles. The van der Waals surface area contributed by atoms with E-state index in [-0.39, 0.29) is 17.3 Å². The quantitative estimate of drug-likeness (QED) is 0.895. The predicted molar refractivity (Wildman–Crippen MR) is 58.9 cm³/mol. The van der Waals surface area contributed by atoms with Gasteiger partial charge in [0.2, 0.25) is 15.9 Å². The summed E-state index contributed by atoms with van der Waals surface area (Å²) in [6.07, 6.45) is -3.36. The second kappa shape index (κ2) is 5.42. The Morgan fingerprint density at radius 3 is 2.50 bits per heavy atom. The minimum atomic E-state index is -4.44. The highest BCUT2D eigenvalue weighted by Crippen LogP contribution is 2.18. The number of alkyl halides is 3. The van der Waals surface area contributed by atoms with Gasteiger partial charge in [0.1, 0.15) is 0 Å². The van der Waals surface area contributed by atoms with E-state index in [1.54, 1.807) is 0 Å². The first-order valence-electron chi connectivity index (χ1n) is 4.88. The van der Waals surface area contributed by atoms with Gasteiger partial charge in [-0.1, -0.05) is 0 Å². The molecule has 0 radical (unpaired) electrons. The summed E-state index contributed by atoms with van der Waals surface area (Å²) in [4.78, 5) is 3.55. The van der Waals surface area contributed by atoms with E-state index >= 15 is 0 Å². The highest BCUT2D eigenvalue weighted by molar-refractivity contribution is 7.92. The first kappa shape index (κ1) is 14.6. The monoisotopic (exact) mass is 284 g/mol. The Hall–Kier alpha value is -1.51. The van der Waals surface area contributed by atoms with Crippen molar-refractivity contribution in [2.75, 3.05) is 17.1 Å². The van der Waals surface area contributed by atoms with Crippen LogP contribution >= 0.6 is 0 Å². The minimum absolute atomic E-state index is 0.112. The average Bonchev–Trinajstić information content (AvgIpc) is 2.27.